The Morgan fingerprint density at radius 3 is 2.52 bits per heavy atom. The number of amides is 2. The number of nitrogen functional groups attached to an aromatic ring is 1. The molecule has 16 heteroatoms. The number of piperidine rings is 3. The Morgan fingerprint density at radius 1 is 1.02 bits per heavy atom. The van der Waals surface area contributed by atoms with Crippen LogP contribution in [0.15, 0.2) is 22.7 Å². The third-order valence-electron chi connectivity index (χ3n) is 15.5. The fourth-order valence-electron chi connectivity index (χ4n) is 11.8. The maximum atomic E-state index is 15.9. The highest BCUT2D eigenvalue weighted by molar-refractivity contribution is 7.16. The molecule has 1 aromatic carbocycles. The molecule has 3 aliphatic heterocycles. The van der Waals surface area contributed by atoms with E-state index in [9.17, 15) is 14.9 Å². The topological polar surface area (TPSA) is 181 Å². The molecule has 1 saturated carbocycles. The van der Waals surface area contributed by atoms with Crippen LogP contribution in [0.4, 0.5) is 15.1 Å². The van der Waals surface area contributed by atoms with Gasteiger partial charge in [-0.1, -0.05) is 5.16 Å². The smallest absolute Gasteiger partial charge is 0.235 e. The molecule has 0 radical (unpaired) electrons. The lowest BCUT2D eigenvalue weighted by Gasteiger charge is -2.48. The second-order valence-electron chi connectivity index (χ2n) is 19.4. The number of fused-ring (bicyclic) bond motifs is 5. The van der Waals surface area contributed by atoms with Crippen molar-refractivity contribution >= 4 is 44.7 Å². The SMILES string of the molecule is Cc1cc(OCC2(CN3CCC4(CC3)CCN(c3cc5c(cc3F)c(C3CCC(=O)NC3=O)nn5C)CC4)CC2)nc(-c2noc3c2CCC[C@@]32CCCc3sc(N)c(C#N)c32)n1. The van der Waals surface area contributed by atoms with Gasteiger partial charge in [-0.05, 0) is 127 Å². The fraction of sp³-hybridized carbons (Fsp3) is 0.553. The summed E-state index contributed by atoms with van der Waals surface area (Å²) in [5, 5.41) is 23.0. The summed E-state index contributed by atoms with van der Waals surface area (Å²) < 4.78 is 30.3. The van der Waals surface area contributed by atoms with Crippen LogP contribution in [0.1, 0.15) is 122 Å². The number of aromatic nitrogens is 5. The lowest BCUT2D eigenvalue weighted by molar-refractivity contribution is -0.134. The van der Waals surface area contributed by atoms with E-state index in [1.807, 2.05) is 26.1 Å². The summed E-state index contributed by atoms with van der Waals surface area (Å²) in [4.78, 5) is 40.1. The van der Waals surface area contributed by atoms with Crippen LogP contribution in [-0.4, -0.2) is 81.0 Å². The summed E-state index contributed by atoms with van der Waals surface area (Å²) >= 11 is 1.54. The zero-order valence-electron chi connectivity index (χ0n) is 36.0. The monoisotopic (exact) mass is 872 g/mol. The number of ether oxygens (including phenoxy) is 1. The van der Waals surface area contributed by atoms with Gasteiger partial charge in [0, 0.05) is 66.1 Å². The number of carbonyl (C=O) groups excluding carboxylic acids is 2. The quantitative estimate of drug-likeness (QED) is 0.153. The molecule has 11 rings (SSSR count). The van der Waals surface area contributed by atoms with E-state index in [0.717, 1.165) is 138 Å². The normalized spacial score (nSPS) is 24.0. The van der Waals surface area contributed by atoms with Crippen LogP contribution >= 0.6 is 11.3 Å². The molecule has 3 saturated heterocycles. The van der Waals surface area contributed by atoms with Crippen molar-refractivity contribution in [1.82, 2.24) is 35.1 Å². The van der Waals surface area contributed by atoms with Crippen molar-refractivity contribution < 1.29 is 23.2 Å². The summed E-state index contributed by atoms with van der Waals surface area (Å²) in [6, 6.07) is 7.72. The first-order chi connectivity index (χ1) is 30.5. The molecule has 14 nitrogen and oxygen atoms in total. The molecule has 0 bridgehead atoms. The number of rotatable bonds is 8. The van der Waals surface area contributed by atoms with E-state index in [1.54, 1.807) is 16.0 Å². The van der Waals surface area contributed by atoms with Crippen molar-refractivity contribution in [2.45, 2.75) is 108 Å². The summed E-state index contributed by atoms with van der Waals surface area (Å²) in [6.45, 7) is 7.25. The molecule has 7 heterocycles. The number of hydrogen-bond acceptors (Lipinski definition) is 13. The van der Waals surface area contributed by atoms with E-state index in [4.69, 9.17) is 25.0 Å². The molecule has 4 aromatic heterocycles. The first kappa shape index (κ1) is 40.4. The van der Waals surface area contributed by atoms with Gasteiger partial charge in [0.2, 0.25) is 17.7 Å². The van der Waals surface area contributed by atoms with Gasteiger partial charge in [0.15, 0.2) is 17.3 Å². The fourth-order valence-corrected chi connectivity index (χ4v) is 13.0. The zero-order chi connectivity index (χ0) is 43.3. The van der Waals surface area contributed by atoms with Gasteiger partial charge in [-0.3, -0.25) is 19.6 Å². The van der Waals surface area contributed by atoms with Crippen LogP contribution in [0.5, 0.6) is 5.88 Å². The Labute approximate surface area is 369 Å². The number of hydrogen-bond donors (Lipinski definition) is 2. The number of thiophene rings is 1. The molecule has 3 N–H and O–H groups in total. The number of anilines is 2. The number of likely N-dealkylation sites (tertiary alicyclic amines) is 1. The van der Waals surface area contributed by atoms with Crippen LogP contribution in [0.2, 0.25) is 0 Å². The van der Waals surface area contributed by atoms with E-state index in [1.165, 1.54) is 10.9 Å². The number of carbonyl (C=O) groups is 2. The van der Waals surface area contributed by atoms with E-state index >= 15 is 4.39 Å². The second kappa shape index (κ2) is 15.1. The Bertz CT molecular complexity index is 2710. The highest BCUT2D eigenvalue weighted by Gasteiger charge is 2.50. The van der Waals surface area contributed by atoms with Crippen molar-refractivity contribution in [2.75, 3.05) is 50.0 Å². The van der Waals surface area contributed by atoms with Crippen LogP contribution in [-0.2, 0) is 34.9 Å². The van der Waals surface area contributed by atoms with Crippen molar-refractivity contribution in [1.29, 1.82) is 5.26 Å². The highest BCUT2D eigenvalue weighted by Crippen LogP contribution is 2.55. The Hall–Kier alpha value is -5.40. The number of nitriles is 1. The maximum Gasteiger partial charge on any atom is 0.235 e. The molecule has 328 valence electrons. The van der Waals surface area contributed by atoms with Crippen molar-refractivity contribution in [3.05, 3.63) is 62.7 Å². The Kier molecular flexibility index (Phi) is 9.69. The molecule has 63 heavy (non-hydrogen) atoms. The highest BCUT2D eigenvalue weighted by atomic mass is 32.1. The van der Waals surface area contributed by atoms with Gasteiger partial charge in [-0.15, -0.1) is 11.3 Å². The van der Waals surface area contributed by atoms with E-state index in [0.29, 0.717) is 57.8 Å². The van der Waals surface area contributed by atoms with Crippen LogP contribution in [0, 0.1) is 34.9 Å². The third-order valence-corrected chi connectivity index (χ3v) is 16.6. The van der Waals surface area contributed by atoms with Gasteiger partial charge < -0.3 is 24.8 Å². The number of nitrogens with one attached hydrogen (secondary N) is 1. The third kappa shape index (κ3) is 6.88. The number of nitrogens with two attached hydrogens (primary N) is 1. The lowest BCUT2D eigenvalue weighted by Crippen LogP contribution is -2.48. The van der Waals surface area contributed by atoms with E-state index in [2.05, 4.69) is 31.4 Å². The first-order valence-electron chi connectivity index (χ1n) is 22.7. The van der Waals surface area contributed by atoms with Crippen molar-refractivity contribution in [3.63, 3.8) is 0 Å². The minimum absolute atomic E-state index is 0.103. The maximum absolute atomic E-state index is 15.9. The van der Waals surface area contributed by atoms with Gasteiger partial charge in [0.1, 0.15) is 16.9 Å². The summed E-state index contributed by atoms with van der Waals surface area (Å²) in [7, 11) is 1.82. The number of benzene rings is 1. The van der Waals surface area contributed by atoms with Gasteiger partial charge in [0.05, 0.1) is 40.4 Å². The van der Waals surface area contributed by atoms with Crippen molar-refractivity contribution in [2.24, 2.45) is 17.9 Å². The lowest BCUT2D eigenvalue weighted by atomic mass is 9.63. The Balaban J connectivity index is 0.718. The Morgan fingerprint density at radius 2 is 1.78 bits per heavy atom. The van der Waals surface area contributed by atoms with Gasteiger partial charge in [-0.25, -0.2) is 9.37 Å². The minimum atomic E-state index is -0.568. The number of halogens is 1. The number of aryl methyl sites for hydroxylation is 3. The molecule has 2 spiro atoms. The molecule has 2 amide bonds. The molecule has 3 aliphatic carbocycles. The number of nitrogens with zero attached hydrogens (tertiary/aromatic N) is 8. The molecule has 5 aromatic rings. The predicted molar refractivity (Wildman–Crippen MR) is 235 cm³/mol. The summed E-state index contributed by atoms with van der Waals surface area (Å²) in [5.74, 6) is 0.404. The van der Waals surface area contributed by atoms with Gasteiger partial charge in [0.25, 0.3) is 0 Å². The standard InChI is InChI=1S/C47H53FN10O4S/c1-27-21-37(53-43(51-27)40-28-5-3-9-47(41(28)62-55-40)10-4-6-35-38(47)31(24-49)42(50)63-35)61-26-46(11-12-46)25-57-17-13-45(14-18-57)15-19-58(20-16-45)34-23-33-30(22-32(34)48)39(54-56(33)2)29-7-8-36(59)52-44(29)60/h21-23,29H,3-20,25-26,50H2,1-2H3,(H,52,59,60)/t29?,47-/m0/s1. The molecular formula is C47H53FN10O4S. The molecule has 1 unspecified atom stereocenters. The first-order valence-corrected chi connectivity index (χ1v) is 23.5. The average Bonchev–Trinajstić information content (AvgIpc) is 3.56. The largest absolute Gasteiger partial charge is 0.477 e. The van der Waals surface area contributed by atoms with Crippen LogP contribution < -0.4 is 20.7 Å². The second-order valence-corrected chi connectivity index (χ2v) is 20.6. The van der Waals surface area contributed by atoms with Gasteiger partial charge >= 0.3 is 0 Å². The molecular weight excluding hydrogens is 820 g/mol. The zero-order valence-corrected chi connectivity index (χ0v) is 36.8. The molecule has 6 aliphatic rings. The summed E-state index contributed by atoms with van der Waals surface area (Å²) in [5.41, 5.74) is 12.4. The predicted octanol–water partition coefficient (Wildman–Crippen LogP) is 7.00. The molecule has 2 atom stereocenters. The average molecular weight is 873 g/mol. The van der Waals surface area contributed by atoms with Crippen molar-refractivity contribution in [3.8, 4) is 23.5 Å². The van der Waals surface area contributed by atoms with Crippen LogP contribution in [0.25, 0.3) is 22.4 Å². The van der Waals surface area contributed by atoms with Gasteiger partial charge in [-0.2, -0.15) is 15.3 Å². The summed E-state index contributed by atoms with van der Waals surface area (Å²) in [6.07, 6.45) is 12.7. The minimum Gasteiger partial charge on any atom is -0.477 e. The van der Waals surface area contributed by atoms with E-state index in [-0.39, 0.29) is 34.9 Å². The van der Waals surface area contributed by atoms with E-state index < -0.39 is 11.3 Å². The van der Waals surface area contributed by atoms with Crippen LogP contribution in [0.3, 0.4) is 0 Å². The number of imide groups is 1. The molecule has 4 fully saturated rings.